The molecule has 0 saturated heterocycles. The van der Waals surface area contributed by atoms with E-state index in [0.29, 0.717) is 48.4 Å². The quantitative estimate of drug-likeness (QED) is 0.0150. The van der Waals surface area contributed by atoms with E-state index in [-0.39, 0.29) is 21.5 Å². The maximum absolute atomic E-state index is 16.1. The van der Waals surface area contributed by atoms with Crippen molar-refractivity contribution in [2.75, 3.05) is 34.6 Å². The predicted molar refractivity (Wildman–Crippen MR) is 226 cm³/mol. The number of hydrogen-bond donors (Lipinski definition) is 4. The van der Waals surface area contributed by atoms with Gasteiger partial charge in [-0.2, -0.15) is 40.2 Å². The van der Waals surface area contributed by atoms with Gasteiger partial charge in [-0.15, -0.1) is 0 Å². The van der Waals surface area contributed by atoms with Crippen molar-refractivity contribution in [3.05, 3.63) is 75.0 Å². The first-order valence-electron chi connectivity index (χ1n) is 19.5. The van der Waals surface area contributed by atoms with Crippen LogP contribution < -0.4 is 21.8 Å². The summed E-state index contributed by atoms with van der Waals surface area (Å²) in [5, 5.41) is 8.01. The molecule has 1 aromatic heterocycles. The molecule has 68 heavy (non-hydrogen) atoms. The number of esters is 1. The normalized spacial score (nSPS) is 14.5. The second kappa shape index (κ2) is 23.3. The molecular formula is C39H47F10IN7O10P. The van der Waals surface area contributed by atoms with Crippen LogP contribution in [0, 0.1) is 32.0 Å². The molecule has 0 unspecified atom stereocenters. The van der Waals surface area contributed by atoms with Crippen LogP contribution in [0.3, 0.4) is 0 Å². The highest BCUT2D eigenvalue weighted by atomic mass is 127. The van der Waals surface area contributed by atoms with E-state index in [0.717, 1.165) is 33.6 Å². The molecule has 3 amide bonds. The minimum atomic E-state index is -5.28. The maximum Gasteiger partial charge on any atom is 0.474 e. The van der Waals surface area contributed by atoms with Gasteiger partial charge in [0.15, 0.2) is 0 Å². The van der Waals surface area contributed by atoms with E-state index in [1.54, 1.807) is 17.4 Å². The Bertz CT molecular complexity index is 2260. The highest BCUT2D eigenvalue weighted by Crippen LogP contribution is 2.50. The third-order valence-electron chi connectivity index (χ3n) is 10.5. The van der Waals surface area contributed by atoms with Crippen molar-refractivity contribution in [1.82, 2.24) is 30.8 Å². The number of aromatic nitrogens is 2. The van der Waals surface area contributed by atoms with Crippen LogP contribution in [0.5, 0.6) is 0 Å². The van der Waals surface area contributed by atoms with Gasteiger partial charge < -0.3 is 20.1 Å². The lowest BCUT2D eigenvalue weighted by molar-refractivity contribution is -0.232. The summed E-state index contributed by atoms with van der Waals surface area (Å²) >= 11 is 1.93. The first-order chi connectivity index (χ1) is 31.4. The van der Waals surface area contributed by atoms with Crippen LogP contribution in [0.4, 0.5) is 48.7 Å². The molecule has 4 atom stereocenters. The molecule has 0 saturated carbocycles. The van der Waals surface area contributed by atoms with Crippen molar-refractivity contribution >= 4 is 54.3 Å². The molecule has 1 heterocycles. The number of rotatable bonds is 22. The number of nitrogens with one attached hydrogen (secondary N) is 3. The van der Waals surface area contributed by atoms with Crippen molar-refractivity contribution in [2.24, 2.45) is 22.5 Å². The minimum Gasteiger partial charge on any atom is -0.453 e. The second-order valence-electron chi connectivity index (χ2n) is 15.7. The van der Waals surface area contributed by atoms with E-state index in [1.165, 1.54) is 12.1 Å². The molecule has 0 bridgehead atoms. The Morgan fingerprint density at radius 2 is 1.43 bits per heavy atom. The summed E-state index contributed by atoms with van der Waals surface area (Å²) in [6.07, 6.45) is -13.9. The monoisotopic (exact) mass is 1120 g/mol. The summed E-state index contributed by atoms with van der Waals surface area (Å²) in [4.78, 5) is 53.7. The fourth-order valence-corrected chi connectivity index (χ4v) is 7.46. The number of phosphoric acid groups is 1. The molecule has 17 nitrogen and oxygen atoms in total. The smallest absolute Gasteiger partial charge is 0.453 e. The lowest BCUT2D eigenvalue weighted by Gasteiger charge is -2.38. The van der Waals surface area contributed by atoms with Gasteiger partial charge in [-0.3, -0.25) is 39.1 Å². The zero-order valence-corrected chi connectivity index (χ0v) is 40.0. The van der Waals surface area contributed by atoms with E-state index in [1.807, 2.05) is 28.0 Å². The molecule has 0 aliphatic carbocycles. The number of alkyl halides is 8. The van der Waals surface area contributed by atoms with Crippen molar-refractivity contribution in [3.63, 3.8) is 0 Å². The molecule has 5 N–H and O–H groups in total. The highest BCUT2D eigenvalue weighted by molar-refractivity contribution is 14.1. The van der Waals surface area contributed by atoms with Gasteiger partial charge in [0.25, 0.3) is 5.91 Å². The second-order valence-corrected chi connectivity index (χ2v) is 18.8. The summed E-state index contributed by atoms with van der Waals surface area (Å²) in [5.74, 6) is -10.9. The lowest BCUT2D eigenvalue weighted by atomic mass is 9.77. The topological polar surface area (TPSA) is 215 Å². The molecule has 0 aliphatic rings. The summed E-state index contributed by atoms with van der Waals surface area (Å²) < 4.78 is 185. The number of hydrogen-bond acceptors (Lipinski definition) is 13. The zero-order valence-electron chi connectivity index (χ0n) is 36.9. The zero-order chi connectivity index (χ0) is 51.7. The Balaban J connectivity index is 2.36. The van der Waals surface area contributed by atoms with Gasteiger partial charge in [0.2, 0.25) is 5.91 Å². The Hall–Kier alpha value is -4.61. The number of alkyl carbamates (subject to hydrolysis) is 1. The number of benzene rings is 2. The Labute approximate surface area is 395 Å². The van der Waals surface area contributed by atoms with Crippen molar-refractivity contribution < 1.29 is 90.7 Å². The standard InChI is InChI=1S/C39H47F10IN7O10P/c1-36(2,38(44,45)46)29(33(60)66-19-51)31(58)52-27(14-20-8-10-22(50)11-9-20)28(67-68(62,64-6)65-7)18-56(55-32(59)30(53-35(61)63-5)37(3,4)39(47,48)49)17-23-24(40)15-21(16-25(23)41)26-12-13-57(54-26)34(42)43/h8-13,15-16,27-30,34H,14,17-19,51H2,1-7H3,(H,52,58)(H,53,61)(H,55,59)/t27-,28-,29-,30+/m0/s1. The summed E-state index contributed by atoms with van der Waals surface area (Å²) in [6.45, 7) is -4.52. The van der Waals surface area contributed by atoms with Gasteiger partial charge in [0.05, 0.1) is 29.7 Å². The largest absolute Gasteiger partial charge is 0.474 e. The van der Waals surface area contributed by atoms with E-state index in [9.17, 15) is 58.9 Å². The number of halogens is 11. The van der Waals surface area contributed by atoms with Gasteiger partial charge in [-0.05, 0) is 92.6 Å². The van der Waals surface area contributed by atoms with E-state index < -0.39 is 129 Å². The number of amides is 3. The van der Waals surface area contributed by atoms with Crippen LogP contribution in [0.2, 0.25) is 0 Å². The van der Waals surface area contributed by atoms with E-state index >= 15 is 8.78 Å². The molecule has 380 valence electrons. The summed E-state index contributed by atoms with van der Waals surface area (Å²) in [5.41, 5.74) is -0.559. The van der Waals surface area contributed by atoms with Gasteiger partial charge in [-0.1, -0.05) is 12.1 Å². The Morgan fingerprint density at radius 1 is 0.868 bits per heavy atom. The fourth-order valence-electron chi connectivity index (χ4n) is 6.23. The third-order valence-corrected chi connectivity index (χ3v) is 12.6. The number of carbonyl (C=O) groups is 4. The first-order valence-corrected chi connectivity index (χ1v) is 22.1. The van der Waals surface area contributed by atoms with Crippen LogP contribution in [0.15, 0.2) is 48.7 Å². The Kier molecular flexibility index (Phi) is 19.8. The SMILES string of the molecule is COC(=O)N[C@H](C(=O)NN(Cc1c(F)cc(-c2ccn(C(F)F)n2)cc1F)C[C@H](OP(=O)(OC)OC)[C@H](Cc1ccc(I)cc1)NC(=O)[C@@H](C(=O)OCN)C(C)(C)C(F)(F)F)C(C)(C)C(F)(F)F. The van der Waals surface area contributed by atoms with Crippen LogP contribution in [0.1, 0.15) is 45.4 Å². The fraction of sp³-hybridized carbons (Fsp3) is 0.513. The minimum absolute atomic E-state index is 0.176. The number of ether oxygens (including phenoxy) is 2. The predicted octanol–water partition coefficient (Wildman–Crippen LogP) is 7.15. The highest BCUT2D eigenvalue weighted by Gasteiger charge is 2.59. The third kappa shape index (κ3) is 14.5. The summed E-state index contributed by atoms with van der Waals surface area (Å²) in [7, 11) is -2.54. The van der Waals surface area contributed by atoms with Crippen LogP contribution in [-0.4, -0.2) is 104 Å². The molecule has 2 aromatic carbocycles. The average Bonchev–Trinajstić information content (AvgIpc) is 3.74. The van der Waals surface area contributed by atoms with Gasteiger partial charge in [0.1, 0.15) is 36.4 Å². The van der Waals surface area contributed by atoms with E-state index in [4.69, 9.17) is 19.3 Å². The first kappa shape index (κ1) is 57.7. The van der Waals surface area contributed by atoms with Crippen LogP contribution in [0.25, 0.3) is 11.3 Å². The molecule has 0 aliphatic heterocycles. The van der Waals surface area contributed by atoms with Gasteiger partial charge >= 0.3 is 38.8 Å². The number of nitrogens with two attached hydrogens (primary N) is 1. The number of methoxy groups -OCH3 is 1. The van der Waals surface area contributed by atoms with Crippen LogP contribution in [-0.2, 0) is 55.0 Å². The maximum atomic E-state index is 16.1. The Morgan fingerprint density at radius 3 is 1.90 bits per heavy atom. The van der Waals surface area contributed by atoms with Crippen molar-refractivity contribution in [1.29, 1.82) is 0 Å². The molecule has 3 aromatic rings. The molecule has 3 rings (SSSR count). The van der Waals surface area contributed by atoms with E-state index in [2.05, 4.69) is 19.9 Å². The number of hydrazine groups is 1. The van der Waals surface area contributed by atoms with Crippen molar-refractivity contribution in [3.8, 4) is 11.3 Å². The number of carbonyl (C=O) groups excluding carboxylic acids is 4. The molecule has 0 spiro atoms. The van der Waals surface area contributed by atoms with Crippen molar-refractivity contribution in [2.45, 2.75) is 77.8 Å². The van der Waals surface area contributed by atoms with Gasteiger partial charge in [0, 0.05) is 48.2 Å². The lowest BCUT2D eigenvalue weighted by Crippen LogP contribution is -2.62. The summed E-state index contributed by atoms with van der Waals surface area (Å²) in [6, 6.07) is 3.78. The molecule has 0 fully saturated rings. The molecular weight excluding hydrogens is 1070 g/mol. The van der Waals surface area contributed by atoms with Gasteiger partial charge in [-0.25, -0.2) is 27.8 Å². The molecule has 0 radical (unpaired) electrons. The average molecular weight is 1120 g/mol. The number of nitrogens with zero attached hydrogens (tertiary/aromatic N) is 3. The molecule has 29 heteroatoms. The van der Waals surface area contributed by atoms with Crippen LogP contribution >= 0.6 is 30.4 Å². The number of phosphoric ester groups is 1.